The summed E-state index contributed by atoms with van der Waals surface area (Å²) in [5, 5.41) is 12.3. The lowest BCUT2D eigenvalue weighted by Gasteiger charge is -2.17. The second-order valence-corrected chi connectivity index (χ2v) is 7.96. The Morgan fingerprint density at radius 2 is 1.68 bits per heavy atom. The first-order valence-corrected chi connectivity index (χ1v) is 9.74. The number of benzene rings is 2. The zero-order valence-corrected chi connectivity index (χ0v) is 15.8. The van der Waals surface area contributed by atoms with Crippen LogP contribution in [0.15, 0.2) is 71.8 Å². The van der Waals surface area contributed by atoms with E-state index < -0.39 is 16.0 Å². The summed E-state index contributed by atoms with van der Waals surface area (Å²) in [5.74, 6) is -0.921. The minimum Gasteiger partial charge on any atom is -0.477 e. The average Bonchev–Trinajstić information content (AvgIpc) is 2.69. The van der Waals surface area contributed by atoms with E-state index >= 15 is 0 Å². The molecule has 0 aliphatic rings. The summed E-state index contributed by atoms with van der Waals surface area (Å²) >= 11 is 0. The molecule has 28 heavy (non-hydrogen) atoms. The van der Waals surface area contributed by atoms with Crippen LogP contribution in [0.2, 0.25) is 0 Å². The Bertz CT molecular complexity index is 1070. The van der Waals surface area contributed by atoms with Gasteiger partial charge in [-0.05, 0) is 24.3 Å². The van der Waals surface area contributed by atoms with Gasteiger partial charge in [-0.1, -0.05) is 36.4 Å². The van der Waals surface area contributed by atoms with E-state index in [9.17, 15) is 18.3 Å². The van der Waals surface area contributed by atoms with Gasteiger partial charge in [-0.15, -0.1) is 0 Å². The minimum atomic E-state index is -3.72. The summed E-state index contributed by atoms with van der Waals surface area (Å²) < 4.78 is 26.4. The van der Waals surface area contributed by atoms with Gasteiger partial charge >= 0.3 is 5.97 Å². The molecule has 0 bridgehead atoms. The Hall–Kier alpha value is -3.30. The molecule has 9 heteroatoms. The average molecular weight is 398 g/mol. The Labute approximate surface area is 162 Å². The van der Waals surface area contributed by atoms with Crippen LogP contribution in [-0.4, -0.2) is 40.8 Å². The minimum absolute atomic E-state index is 0.0919. The molecule has 0 spiro atoms. The SMILES string of the molecule is CN(Cc1ncc(C(=O)O)c(Nc2ccccc2)n1)S(=O)(=O)c1ccccc1. The highest BCUT2D eigenvalue weighted by atomic mass is 32.2. The first-order valence-electron chi connectivity index (χ1n) is 8.30. The fourth-order valence-corrected chi connectivity index (χ4v) is 3.61. The summed E-state index contributed by atoms with van der Waals surface area (Å²) in [6.07, 6.45) is 1.17. The normalized spacial score (nSPS) is 11.4. The van der Waals surface area contributed by atoms with Gasteiger partial charge in [0.25, 0.3) is 0 Å². The quantitative estimate of drug-likeness (QED) is 0.629. The molecular formula is C19H18N4O4S. The summed E-state index contributed by atoms with van der Waals surface area (Å²) in [5.41, 5.74) is 0.543. The van der Waals surface area contributed by atoms with E-state index in [0.717, 1.165) is 4.31 Å². The van der Waals surface area contributed by atoms with E-state index in [4.69, 9.17) is 0 Å². The van der Waals surface area contributed by atoms with Gasteiger partial charge in [0.1, 0.15) is 17.2 Å². The van der Waals surface area contributed by atoms with Crippen molar-refractivity contribution in [3.63, 3.8) is 0 Å². The number of hydrogen-bond donors (Lipinski definition) is 2. The Morgan fingerprint density at radius 1 is 1.07 bits per heavy atom. The second kappa shape index (κ2) is 8.15. The molecule has 1 aromatic heterocycles. The zero-order valence-electron chi connectivity index (χ0n) is 15.0. The van der Waals surface area contributed by atoms with Crippen molar-refractivity contribution in [2.75, 3.05) is 12.4 Å². The number of nitrogens with zero attached hydrogens (tertiary/aromatic N) is 3. The molecule has 0 saturated heterocycles. The molecule has 144 valence electrons. The van der Waals surface area contributed by atoms with Crippen molar-refractivity contribution in [2.24, 2.45) is 0 Å². The predicted octanol–water partition coefficient (Wildman–Crippen LogP) is 2.74. The van der Waals surface area contributed by atoms with E-state index in [2.05, 4.69) is 15.3 Å². The number of anilines is 2. The van der Waals surface area contributed by atoms with E-state index in [1.165, 1.54) is 25.4 Å². The number of carboxylic acids is 1. The number of aromatic carboxylic acids is 1. The fraction of sp³-hybridized carbons (Fsp3) is 0.105. The summed E-state index contributed by atoms with van der Waals surface area (Å²) in [6.45, 7) is -0.111. The van der Waals surface area contributed by atoms with Gasteiger partial charge in [-0.25, -0.2) is 23.2 Å². The number of para-hydroxylation sites is 1. The third-order valence-electron chi connectivity index (χ3n) is 3.92. The van der Waals surface area contributed by atoms with Crippen LogP contribution >= 0.6 is 0 Å². The van der Waals surface area contributed by atoms with Gasteiger partial charge in [-0.3, -0.25) is 0 Å². The molecule has 0 atom stereocenters. The number of sulfonamides is 1. The van der Waals surface area contributed by atoms with E-state index in [0.29, 0.717) is 5.69 Å². The van der Waals surface area contributed by atoms with Gasteiger partial charge in [0, 0.05) is 18.9 Å². The highest BCUT2D eigenvalue weighted by Crippen LogP contribution is 2.20. The molecule has 3 rings (SSSR count). The number of rotatable bonds is 7. The number of hydrogen-bond acceptors (Lipinski definition) is 6. The van der Waals surface area contributed by atoms with E-state index in [1.54, 1.807) is 42.5 Å². The molecule has 0 amide bonds. The van der Waals surface area contributed by atoms with Gasteiger partial charge < -0.3 is 10.4 Å². The van der Waals surface area contributed by atoms with Crippen LogP contribution in [0.4, 0.5) is 11.5 Å². The van der Waals surface area contributed by atoms with Crippen LogP contribution in [-0.2, 0) is 16.6 Å². The first kappa shape index (κ1) is 19.5. The third kappa shape index (κ3) is 4.33. The molecule has 3 aromatic rings. The highest BCUT2D eigenvalue weighted by molar-refractivity contribution is 7.89. The number of carboxylic acid groups (broad SMARTS) is 1. The van der Waals surface area contributed by atoms with Crippen molar-refractivity contribution in [2.45, 2.75) is 11.4 Å². The monoisotopic (exact) mass is 398 g/mol. The van der Waals surface area contributed by atoms with Crippen LogP contribution in [0.5, 0.6) is 0 Å². The van der Waals surface area contributed by atoms with Crippen molar-refractivity contribution in [1.82, 2.24) is 14.3 Å². The lowest BCUT2D eigenvalue weighted by atomic mass is 10.2. The first-order chi connectivity index (χ1) is 13.4. The molecule has 0 aliphatic carbocycles. The van der Waals surface area contributed by atoms with Crippen molar-refractivity contribution >= 4 is 27.5 Å². The van der Waals surface area contributed by atoms with Crippen molar-refractivity contribution in [1.29, 1.82) is 0 Å². The molecule has 8 nitrogen and oxygen atoms in total. The van der Waals surface area contributed by atoms with E-state index in [1.807, 2.05) is 6.07 Å². The maximum absolute atomic E-state index is 12.6. The Morgan fingerprint density at radius 3 is 2.29 bits per heavy atom. The Balaban J connectivity index is 1.88. The largest absolute Gasteiger partial charge is 0.477 e. The molecule has 2 N–H and O–H groups in total. The highest BCUT2D eigenvalue weighted by Gasteiger charge is 2.22. The third-order valence-corrected chi connectivity index (χ3v) is 5.74. The molecular weight excluding hydrogens is 380 g/mol. The van der Waals surface area contributed by atoms with Gasteiger partial charge in [0.15, 0.2) is 0 Å². The Kier molecular flexibility index (Phi) is 5.67. The molecule has 0 saturated carbocycles. The van der Waals surface area contributed by atoms with Gasteiger partial charge in [0.2, 0.25) is 10.0 Å². The zero-order chi connectivity index (χ0) is 20.1. The second-order valence-electron chi connectivity index (χ2n) is 5.92. The van der Waals surface area contributed by atoms with E-state index in [-0.39, 0.29) is 28.6 Å². The summed E-state index contributed by atoms with van der Waals surface area (Å²) in [4.78, 5) is 19.9. The lowest BCUT2D eigenvalue weighted by molar-refractivity contribution is 0.0697. The molecule has 0 fully saturated rings. The smallest absolute Gasteiger partial charge is 0.341 e. The van der Waals surface area contributed by atoms with Crippen LogP contribution in [0, 0.1) is 0 Å². The van der Waals surface area contributed by atoms with Crippen LogP contribution < -0.4 is 5.32 Å². The van der Waals surface area contributed by atoms with Crippen molar-refractivity contribution in [3.05, 3.63) is 78.2 Å². The molecule has 1 heterocycles. The predicted molar refractivity (Wildman–Crippen MR) is 104 cm³/mol. The summed E-state index contributed by atoms with van der Waals surface area (Å²) in [7, 11) is -2.30. The fourth-order valence-electron chi connectivity index (χ4n) is 2.46. The number of carbonyl (C=O) groups is 1. The van der Waals surface area contributed by atoms with Crippen LogP contribution in [0.3, 0.4) is 0 Å². The van der Waals surface area contributed by atoms with Gasteiger partial charge in [-0.2, -0.15) is 4.31 Å². The lowest BCUT2D eigenvalue weighted by Crippen LogP contribution is -2.27. The number of nitrogens with one attached hydrogen (secondary N) is 1. The topological polar surface area (TPSA) is 112 Å². The summed E-state index contributed by atoms with van der Waals surface area (Å²) in [6, 6.07) is 17.0. The standard InChI is InChI=1S/C19H18N4O4S/c1-23(28(26,27)15-10-6-3-7-11-15)13-17-20-12-16(19(24)25)18(22-17)21-14-8-4-2-5-9-14/h2-12H,13H2,1H3,(H,24,25)(H,20,21,22). The molecule has 0 aliphatic heterocycles. The van der Waals surface area contributed by atoms with Crippen LogP contribution in [0.25, 0.3) is 0 Å². The van der Waals surface area contributed by atoms with Crippen LogP contribution in [0.1, 0.15) is 16.2 Å². The molecule has 0 unspecified atom stereocenters. The maximum atomic E-state index is 12.6. The van der Waals surface area contributed by atoms with Gasteiger partial charge in [0.05, 0.1) is 11.4 Å². The number of aromatic nitrogens is 2. The van der Waals surface area contributed by atoms with Crippen molar-refractivity contribution in [3.8, 4) is 0 Å². The van der Waals surface area contributed by atoms with Crippen molar-refractivity contribution < 1.29 is 18.3 Å². The maximum Gasteiger partial charge on any atom is 0.341 e. The molecule has 2 aromatic carbocycles. The molecule has 0 radical (unpaired) electrons.